The van der Waals surface area contributed by atoms with Gasteiger partial charge in [-0.25, -0.2) is 18.1 Å². The first-order valence-corrected chi connectivity index (χ1v) is 8.39. The molecule has 0 bridgehead atoms. The van der Waals surface area contributed by atoms with Crippen molar-refractivity contribution < 1.29 is 8.42 Å². The van der Waals surface area contributed by atoms with Gasteiger partial charge >= 0.3 is 0 Å². The standard InChI is InChI=1S/C14H20N4O2S/c1-3-17-21(19,20)13-8-6-5-7-12(13)16-11-14-15-9-10-18(14)4-2/h5-10,16-17H,3-4,11H2,1-2H3. The number of rotatable bonds is 7. The van der Waals surface area contributed by atoms with Gasteiger partial charge in [0.1, 0.15) is 10.7 Å². The highest BCUT2D eigenvalue weighted by Gasteiger charge is 2.17. The molecule has 0 fully saturated rings. The molecule has 0 radical (unpaired) electrons. The Morgan fingerprint density at radius 2 is 2.00 bits per heavy atom. The highest BCUT2D eigenvalue weighted by Crippen LogP contribution is 2.21. The Morgan fingerprint density at radius 3 is 2.71 bits per heavy atom. The Labute approximate surface area is 125 Å². The third kappa shape index (κ3) is 3.62. The maximum absolute atomic E-state index is 12.2. The fourth-order valence-corrected chi connectivity index (χ4v) is 3.31. The summed E-state index contributed by atoms with van der Waals surface area (Å²) in [6.07, 6.45) is 3.64. The third-order valence-corrected chi connectivity index (χ3v) is 4.69. The molecule has 0 saturated heterocycles. The van der Waals surface area contributed by atoms with Crippen LogP contribution >= 0.6 is 0 Å². The third-order valence-electron chi connectivity index (χ3n) is 3.09. The molecule has 2 rings (SSSR count). The molecule has 0 spiro atoms. The topological polar surface area (TPSA) is 76.0 Å². The smallest absolute Gasteiger partial charge is 0.242 e. The van der Waals surface area contributed by atoms with Crippen molar-refractivity contribution >= 4 is 15.7 Å². The molecule has 0 unspecified atom stereocenters. The molecule has 6 nitrogen and oxygen atoms in total. The van der Waals surface area contributed by atoms with Crippen LogP contribution in [0.15, 0.2) is 41.6 Å². The van der Waals surface area contributed by atoms with Gasteiger partial charge in [0, 0.05) is 25.5 Å². The fraction of sp³-hybridized carbons (Fsp3) is 0.357. The van der Waals surface area contributed by atoms with Gasteiger partial charge in [0.15, 0.2) is 0 Å². The van der Waals surface area contributed by atoms with E-state index >= 15 is 0 Å². The molecular weight excluding hydrogens is 288 g/mol. The highest BCUT2D eigenvalue weighted by atomic mass is 32.2. The highest BCUT2D eigenvalue weighted by molar-refractivity contribution is 7.89. The van der Waals surface area contributed by atoms with Crippen LogP contribution in [0.5, 0.6) is 0 Å². The van der Waals surface area contributed by atoms with E-state index in [1.165, 1.54) is 0 Å². The van der Waals surface area contributed by atoms with E-state index in [0.717, 1.165) is 12.4 Å². The Bertz CT molecular complexity index is 695. The monoisotopic (exact) mass is 308 g/mol. The van der Waals surface area contributed by atoms with Crippen molar-refractivity contribution in [2.45, 2.75) is 31.8 Å². The number of nitrogens with zero attached hydrogens (tertiary/aromatic N) is 2. The van der Waals surface area contributed by atoms with Gasteiger partial charge in [-0.15, -0.1) is 0 Å². The summed E-state index contributed by atoms with van der Waals surface area (Å²) >= 11 is 0. The Hall–Kier alpha value is -1.86. The Balaban J connectivity index is 2.21. The zero-order valence-electron chi connectivity index (χ0n) is 12.2. The first-order chi connectivity index (χ1) is 10.1. The van der Waals surface area contributed by atoms with Crippen LogP contribution in [-0.4, -0.2) is 24.5 Å². The van der Waals surface area contributed by atoms with Gasteiger partial charge in [-0.05, 0) is 19.1 Å². The summed E-state index contributed by atoms with van der Waals surface area (Å²) in [5.74, 6) is 0.869. The predicted molar refractivity (Wildman–Crippen MR) is 82.5 cm³/mol. The molecule has 2 aromatic rings. The van der Waals surface area contributed by atoms with Crippen LogP contribution < -0.4 is 10.0 Å². The fourth-order valence-electron chi connectivity index (χ4n) is 2.08. The molecule has 0 aliphatic rings. The van der Waals surface area contributed by atoms with E-state index in [-0.39, 0.29) is 4.90 Å². The molecule has 0 aliphatic carbocycles. The molecule has 0 saturated carbocycles. The molecule has 114 valence electrons. The van der Waals surface area contributed by atoms with Gasteiger partial charge < -0.3 is 9.88 Å². The lowest BCUT2D eigenvalue weighted by atomic mass is 10.3. The van der Waals surface area contributed by atoms with Crippen molar-refractivity contribution in [2.24, 2.45) is 0 Å². The summed E-state index contributed by atoms with van der Waals surface area (Å²) in [6.45, 7) is 5.45. The van der Waals surface area contributed by atoms with E-state index in [1.807, 2.05) is 17.7 Å². The molecule has 0 amide bonds. The molecule has 2 N–H and O–H groups in total. The predicted octanol–water partition coefficient (Wildman–Crippen LogP) is 1.81. The average molecular weight is 308 g/mol. The van der Waals surface area contributed by atoms with Gasteiger partial charge in [-0.2, -0.15) is 0 Å². The zero-order chi connectivity index (χ0) is 15.3. The van der Waals surface area contributed by atoms with Gasteiger partial charge in [0.25, 0.3) is 0 Å². The average Bonchev–Trinajstić information content (AvgIpc) is 2.93. The number of imidazole rings is 1. The zero-order valence-corrected chi connectivity index (χ0v) is 13.0. The number of aromatic nitrogens is 2. The summed E-state index contributed by atoms with van der Waals surface area (Å²) in [6, 6.07) is 6.86. The van der Waals surface area contributed by atoms with Crippen molar-refractivity contribution in [1.82, 2.24) is 14.3 Å². The summed E-state index contributed by atoms with van der Waals surface area (Å²) in [5, 5.41) is 3.15. The van der Waals surface area contributed by atoms with E-state index in [4.69, 9.17) is 0 Å². The van der Waals surface area contributed by atoms with E-state index in [9.17, 15) is 8.42 Å². The van der Waals surface area contributed by atoms with Gasteiger partial charge in [0.2, 0.25) is 10.0 Å². The van der Waals surface area contributed by atoms with E-state index in [2.05, 4.69) is 15.0 Å². The lowest BCUT2D eigenvalue weighted by Crippen LogP contribution is -2.24. The molecule has 7 heteroatoms. The first-order valence-electron chi connectivity index (χ1n) is 6.91. The van der Waals surface area contributed by atoms with Crippen LogP contribution in [0.3, 0.4) is 0 Å². The number of aryl methyl sites for hydroxylation is 1. The van der Waals surface area contributed by atoms with E-state index < -0.39 is 10.0 Å². The quantitative estimate of drug-likeness (QED) is 0.818. The first kappa shape index (κ1) is 15.5. The minimum atomic E-state index is -3.49. The van der Waals surface area contributed by atoms with Crippen molar-refractivity contribution in [3.8, 4) is 0 Å². The molecule has 21 heavy (non-hydrogen) atoms. The van der Waals surface area contributed by atoms with Gasteiger partial charge in [-0.3, -0.25) is 0 Å². The lowest BCUT2D eigenvalue weighted by molar-refractivity contribution is 0.584. The SMILES string of the molecule is CCNS(=O)(=O)c1ccccc1NCc1nccn1CC. The second kappa shape index (κ2) is 6.73. The van der Waals surface area contributed by atoms with E-state index in [1.54, 1.807) is 37.4 Å². The second-order valence-corrected chi connectivity index (χ2v) is 6.22. The lowest BCUT2D eigenvalue weighted by Gasteiger charge is -2.13. The molecule has 0 atom stereocenters. The summed E-state index contributed by atoms with van der Waals surface area (Å²) < 4.78 is 28.8. The summed E-state index contributed by atoms with van der Waals surface area (Å²) in [7, 11) is -3.49. The maximum atomic E-state index is 12.2. The minimum absolute atomic E-state index is 0.251. The Morgan fingerprint density at radius 1 is 1.24 bits per heavy atom. The molecular formula is C14H20N4O2S. The number of hydrogen-bond donors (Lipinski definition) is 2. The maximum Gasteiger partial charge on any atom is 0.242 e. The second-order valence-electron chi connectivity index (χ2n) is 4.48. The van der Waals surface area contributed by atoms with Gasteiger partial charge in [-0.1, -0.05) is 19.1 Å². The number of anilines is 1. The van der Waals surface area contributed by atoms with Crippen molar-refractivity contribution in [3.63, 3.8) is 0 Å². The van der Waals surface area contributed by atoms with Crippen molar-refractivity contribution in [1.29, 1.82) is 0 Å². The van der Waals surface area contributed by atoms with Crippen LogP contribution in [0, 0.1) is 0 Å². The van der Waals surface area contributed by atoms with Crippen LogP contribution in [0.2, 0.25) is 0 Å². The number of hydrogen-bond acceptors (Lipinski definition) is 4. The largest absolute Gasteiger partial charge is 0.377 e. The Kier molecular flexibility index (Phi) is 4.98. The van der Waals surface area contributed by atoms with Crippen LogP contribution in [-0.2, 0) is 23.1 Å². The van der Waals surface area contributed by atoms with Crippen LogP contribution in [0.4, 0.5) is 5.69 Å². The van der Waals surface area contributed by atoms with E-state index in [0.29, 0.717) is 18.8 Å². The molecule has 1 aromatic carbocycles. The molecule has 1 heterocycles. The number of benzene rings is 1. The minimum Gasteiger partial charge on any atom is -0.377 e. The molecule has 1 aromatic heterocycles. The summed E-state index contributed by atoms with van der Waals surface area (Å²) in [5.41, 5.74) is 0.573. The van der Waals surface area contributed by atoms with Crippen LogP contribution in [0.1, 0.15) is 19.7 Å². The van der Waals surface area contributed by atoms with Crippen molar-refractivity contribution in [3.05, 3.63) is 42.5 Å². The number of sulfonamides is 1. The van der Waals surface area contributed by atoms with Crippen molar-refractivity contribution in [2.75, 3.05) is 11.9 Å². The molecule has 0 aliphatic heterocycles. The number of nitrogens with one attached hydrogen (secondary N) is 2. The summed E-state index contributed by atoms with van der Waals surface area (Å²) in [4.78, 5) is 4.52. The normalized spacial score (nSPS) is 11.5. The van der Waals surface area contributed by atoms with Gasteiger partial charge in [0.05, 0.1) is 12.2 Å². The number of para-hydroxylation sites is 1. The van der Waals surface area contributed by atoms with Crippen LogP contribution in [0.25, 0.3) is 0 Å².